The predicted octanol–water partition coefficient (Wildman–Crippen LogP) is 5.49. The number of nitrogens with one attached hydrogen (secondary N) is 1. The van der Waals surface area contributed by atoms with Gasteiger partial charge in [-0.3, -0.25) is 0 Å². The number of hydrogen-bond acceptors (Lipinski definition) is 2. The van der Waals surface area contributed by atoms with E-state index in [1.54, 1.807) is 7.11 Å². The SMILES string of the molecule is CCCCCCCCCCC(NC)c1cccc(OC)c1. The van der Waals surface area contributed by atoms with E-state index in [2.05, 4.69) is 37.5 Å². The van der Waals surface area contributed by atoms with E-state index in [0.29, 0.717) is 6.04 Å². The Morgan fingerprint density at radius 3 is 2.29 bits per heavy atom. The fraction of sp³-hybridized carbons (Fsp3) is 0.684. The van der Waals surface area contributed by atoms with Crippen molar-refractivity contribution in [2.45, 2.75) is 70.8 Å². The van der Waals surface area contributed by atoms with Crippen LogP contribution in [0.1, 0.15) is 76.3 Å². The first-order valence-electron chi connectivity index (χ1n) is 8.63. The van der Waals surface area contributed by atoms with E-state index in [1.165, 1.54) is 63.4 Å². The maximum Gasteiger partial charge on any atom is 0.119 e. The van der Waals surface area contributed by atoms with Crippen LogP contribution < -0.4 is 10.1 Å². The Kier molecular flexibility index (Phi) is 9.98. The molecule has 0 bridgehead atoms. The van der Waals surface area contributed by atoms with E-state index < -0.39 is 0 Å². The Morgan fingerprint density at radius 1 is 1.00 bits per heavy atom. The van der Waals surface area contributed by atoms with Gasteiger partial charge in [0.25, 0.3) is 0 Å². The molecule has 1 aromatic rings. The van der Waals surface area contributed by atoms with Crippen molar-refractivity contribution in [1.82, 2.24) is 5.32 Å². The third-order valence-electron chi connectivity index (χ3n) is 4.19. The van der Waals surface area contributed by atoms with Gasteiger partial charge in [0.05, 0.1) is 7.11 Å². The van der Waals surface area contributed by atoms with Gasteiger partial charge in [-0.05, 0) is 31.2 Å². The van der Waals surface area contributed by atoms with Crippen LogP contribution in [0.15, 0.2) is 24.3 Å². The minimum Gasteiger partial charge on any atom is -0.497 e. The van der Waals surface area contributed by atoms with Crippen LogP contribution in [0.25, 0.3) is 0 Å². The number of ether oxygens (including phenoxy) is 1. The average Bonchev–Trinajstić information content (AvgIpc) is 2.53. The summed E-state index contributed by atoms with van der Waals surface area (Å²) in [4.78, 5) is 0. The zero-order valence-corrected chi connectivity index (χ0v) is 14.2. The monoisotopic (exact) mass is 291 g/mol. The van der Waals surface area contributed by atoms with Crippen molar-refractivity contribution in [3.63, 3.8) is 0 Å². The number of hydrogen-bond donors (Lipinski definition) is 1. The van der Waals surface area contributed by atoms with Crippen LogP contribution in [0.3, 0.4) is 0 Å². The molecule has 0 saturated heterocycles. The first-order chi connectivity index (χ1) is 10.3. The smallest absolute Gasteiger partial charge is 0.119 e. The summed E-state index contributed by atoms with van der Waals surface area (Å²) in [5.74, 6) is 0.948. The molecule has 0 fully saturated rings. The van der Waals surface area contributed by atoms with Crippen LogP contribution in [0.4, 0.5) is 0 Å². The fourth-order valence-corrected chi connectivity index (χ4v) is 2.82. The second-order valence-corrected chi connectivity index (χ2v) is 5.88. The van der Waals surface area contributed by atoms with Crippen molar-refractivity contribution in [2.75, 3.05) is 14.2 Å². The Morgan fingerprint density at radius 2 is 1.67 bits per heavy atom. The quantitative estimate of drug-likeness (QED) is 0.514. The Balaban J connectivity index is 2.22. The largest absolute Gasteiger partial charge is 0.497 e. The Labute approximate surface area is 131 Å². The Hall–Kier alpha value is -1.02. The summed E-state index contributed by atoms with van der Waals surface area (Å²) in [5, 5.41) is 3.43. The molecule has 0 amide bonds. The van der Waals surface area contributed by atoms with Crippen molar-refractivity contribution in [2.24, 2.45) is 0 Å². The fourth-order valence-electron chi connectivity index (χ4n) is 2.82. The summed E-state index contributed by atoms with van der Waals surface area (Å²) >= 11 is 0. The lowest BCUT2D eigenvalue weighted by molar-refractivity contribution is 0.412. The summed E-state index contributed by atoms with van der Waals surface area (Å²) in [7, 11) is 3.78. The minimum absolute atomic E-state index is 0.445. The minimum atomic E-state index is 0.445. The Bertz CT molecular complexity index is 364. The highest BCUT2D eigenvalue weighted by molar-refractivity contribution is 5.30. The zero-order chi connectivity index (χ0) is 15.3. The van der Waals surface area contributed by atoms with Crippen molar-refractivity contribution in [3.8, 4) is 5.75 Å². The normalized spacial score (nSPS) is 12.3. The lowest BCUT2D eigenvalue weighted by atomic mass is 9.99. The van der Waals surface area contributed by atoms with Gasteiger partial charge in [0.2, 0.25) is 0 Å². The highest BCUT2D eigenvalue weighted by Crippen LogP contribution is 2.23. The summed E-state index contributed by atoms with van der Waals surface area (Å²) in [6.07, 6.45) is 12.2. The molecule has 1 rings (SSSR count). The molecule has 0 aliphatic heterocycles. The second kappa shape index (κ2) is 11.6. The summed E-state index contributed by atoms with van der Waals surface area (Å²) in [6, 6.07) is 8.86. The standard InChI is InChI=1S/C19H33NO/c1-4-5-6-7-8-9-10-11-15-19(20-2)17-13-12-14-18(16-17)21-3/h12-14,16,19-20H,4-11,15H2,1-3H3. The maximum absolute atomic E-state index is 5.31. The van der Waals surface area contributed by atoms with Gasteiger partial charge in [0.1, 0.15) is 5.75 Å². The van der Waals surface area contributed by atoms with Crippen LogP contribution >= 0.6 is 0 Å². The number of benzene rings is 1. The van der Waals surface area contributed by atoms with Gasteiger partial charge < -0.3 is 10.1 Å². The van der Waals surface area contributed by atoms with Gasteiger partial charge in [-0.1, -0.05) is 70.4 Å². The molecule has 0 aliphatic rings. The predicted molar refractivity (Wildman–Crippen MR) is 92.0 cm³/mol. The molecule has 21 heavy (non-hydrogen) atoms. The van der Waals surface area contributed by atoms with Crippen molar-refractivity contribution >= 4 is 0 Å². The molecule has 2 heteroatoms. The van der Waals surface area contributed by atoms with Gasteiger partial charge in [-0.15, -0.1) is 0 Å². The van der Waals surface area contributed by atoms with Gasteiger partial charge in [0, 0.05) is 6.04 Å². The molecule has 0 saturated carbocycles. The van der Waals surface area contributed by atoms with Crippen LogP contribution in [-0.4, -0.2) is 14.2 Å². The lowest BCUT2D eigenvalue weighted by Crippen LogP contribution is -2.16. The van der Waals surface area contributed by atoms with Crippen LogP contribution in [0.2, 0.25) is 0 Å². The molecule has 120 valence electrons. The van der Waals surface area contributed by atoms with Crippen LogP contribution in [0.5, 0.6) is 5.75 Å². The van der Waals surface area contributed by atoms with Gasteiger partial charge >= 0.3 is 0 Å². The zero-order valence-electron chi connectivity index (χ0n) is 14.2. The van der Waals surface area contributed by atoms with E-state index in [4.69, 9.17) is 4.74 Å². The third-order valence-corrected chi connectivity index (χ3v) is 4.19. The molecular formula is C19H33NO. The second-order valence-electron chi connectivity index (χ2n) is 5.88. The van der Waals surface area contributed by atoms with E-state index in [1.807, 2.05) is 6.07 Å². The van der Waals surface area contributed by atoms with Gasteiger partial charge in [-0.2, -0.15) is 0 Å². The maximum atomic E-state index is 5.31. The van der Waals surface area contributed by atoms with Crippen molar-refractivity contribution in [1.29, 1.82) is 0 Å². The molecular weight excluding hydrogens is 258 g/mol. The molecule has 0 heterocycles. The third kappa shape index (κ3) is 7.52. The molecule has 1 aromatic carbocycles. The first kappa shape index (κ1) is 18.0. The van der Waals surface area contributed by atoms with Crippen LogP contribution in [-0.2, 0) is 0 Å². The molecule has 2 nitrogen and oxygen atoms in total. The molecule has 0 radical (unpaired) electrons. The summed E-state index contributed by atoms with van der Waals surface area (Å²) in [5.41, 5.74) is 1.33. The summed E-state index contributed by atoms with van der Waals surface area (Å²) < 4.78 is 5.31. The number of methoxy groups -OCH3 is 1. The van der Waals surface area contributed by atoms with Crippen LogP contribution in [0, 0.1) is 0 Å². The van der Waals surface area contributed by atoms with Gasteiger partial charge in [0.15, 0.2) is 0 Å². The number of unbranched alkanes of at least 4 members (excludes halogenated alkanes) is 7. The van der Waals surface area contributed by atoms with E-state index >= 15 is 0 Å². The molecule has 0 spiro atoms. The average molecular weight is 291 g/mol. The molecule has 1 N–H and O–H groups in total. The highest BCUT2D eigenvalue weighted by Gasteiger charge is 2.09. The van der Waals surface area contributed by atoms with E-state index in [-0.39, 0.29) is 0 Å². The topological polar surface area (TPSA) is 21.3 Å². The summed E-state index contributed by atoms with van der Waals surface area (Å²) in [6.45, 7) is 2.27. The van der Waals surface area contributed by atoms with Gasteiger partial charge in [-0.25, -0.2) is 0 Å². The van der Waals surface area contributed by atoms with E-state index in [9.17, 15) is 0 Å². The molecule has 0 aliphatic carbocycles. The molecule has 0 aromatic heterocycles. The first-order valence-corrected chi connectivity index (χ1v) is 8.63. The van der Waals surface area contributed by atoms with Crippen molar-refractivity contribution < 1.29 is 4.74 Å². The number of rotatable bonds is 12. The van der Waals surface area contributed by atoms with E-state index in [0.717, 1.165) is 5.75 Å². The molecule has 1 atom stereocenters. The highest BCUT2D eigenvalue weighted by atomic mass is 16.5. The van der Waals surface area contributed by atoms with Crippen molar-refractivity contribution in [3.05, 3.63) is 29.8 Å². The molecule has 1 unspecified atom stereocenters. The lowest BCUT2D eigenvalue weighted by Gasteiger charge is -2.17.